The molecule has 1 N–H and O–H groups in total. The summed E-state index contributed by atoms with van der Waals surface area (Å²) in [6.07, 6.45) is 0. The van der Waals surface area contributed by atoms with Crippen molar-refractivity contribution >= 4 is 17.6 Å². The summed E-state index contributed by atoms with van der Waals surface area (Å²) in [7, 11) is 1.12. The number of amides is 1. The molecule has 1 amide bonds. The Hall–Kier alpha value is -4.00. The zero-order chi connectivity index (χ0) is 20.8. The molecule has 0 atom stereocenters. The average molecular weight is 390 g/mol. The molecule has 0 unspecified atom stereocenters. The number of hydrogen-bond donors (Lipinski definition) is 1. The first-order chi connectivity index (χ1) is 14.0. The van der Waals surface area contributed by atoms with Gasteiger partial charge in [0.25, 0.3) is 11.6 Å². The summed E-state index contributed by atoms with van der Waals surface area (Å²) in [6, 6.07) is 22.0. The molecule has 29 heavy (non-hydrogen) atoms. The SMILES string of the molecule is COC(=O)c1cc(C(=O)NC(c2ccccc2)c2ccccc2)ccc1[N+](=O)[O-]. The van der Waals surface area contributed by atoms with Gasteiger partial charge in [-0.3, -0.25) is 14.9 Å². The van der Waals surface area contributed by atoms with Gasteiger partial charge in [0, 0.05) is 11.6 Å². The molecule has 0 aromatic heterocycles. The number of methoxy groups -OCH3 is 1. The molecule has 0 aliphatic heterocycles. The molecule has 0 aliphatic carbocycles. The minimum absolute atomic E-state index is 0.118. The second-order valence-corrected chi connectivity index (χ2v) is 6.21. The summed E-state index contributed by atoms with van der Waals surface area (Å²) in [5.74, 6) is -1.35. The van der Waals surface area contributed by atoms with Gasteiger partial charge in [-0.25, -0.2) is 4.79 Å². The van der Waals surface area contributed by atoms with Gasteiger partial charge in [0.2, 0.25) is 0 Å². The highest BCUT2D eigenvalue weighted by Gasteiger charge is 2.24. The van der Waals surface area contributed by atoms with Crippen LogP contribution in [0.4, 0.5) is 5.69 Å². The van der Waals surface area contributed by atoms with E-state index in [1.165, 1.54) is 12.1 Å². The maximum absolute atomic E-state index is 12.9. The van der Waals surface area contributed by atoms with Crippen LogP contribution in [0.5, 0.6) is 0 Å². The van der Waals surface area contributed by atoms with E-state index in [-0.39, 0.29) is 11.1 Å². The van der Waals surface area contributed by atoms with Crippen molar-refractivity contribution in [2.75, 3.05) is 7.11 Å². The highest BCUT2D eigenvalue weighted by atomic mass is 16.6. The number of carbonyl (C=O) groups excluding carboxylic acids is 2. The highest BCUT2D eigenvalue weighted by Crippen LogP contribution is 2.24. The second kappa shape index (κ2) is 8.79. The molecule has 0 saturated heterocycles. The van der Waals surface area contributed by atoms with Gasteiger partial charge in [0.05, 0.1) is 18.1 Å². The molecule has 0 bridgehead atoms. The third kappa shape index (κ3) is 4.47. The lowest BCUT2D eigenvalue weighted by Gasteiger charge is -2.20. The van der Waals surface area contributed by atoms with Crippen molar-refractivity contribution in [2.45, 2.75) is 6.04 Å². The normalized spacial score (nSPS) is 10.4. The van der Waals surface area contributed by atoms with E-state index in [0.29, 0.717) is 0 Å². The largest absolute Gasteiger partial charge is 0.465 e. The molecular weight excluding hydrogens is 372 g/mol. The van der Waals surface area contributed by atoms with E-state index in [1.54, 1.807) is 0 Å². The topological polar surface area (TPSA) is 98.5 Å². The van der Waals surface area contributed by atoms with Crippen LogP contribution < -0.4 is 5.32 Å². The van der Waals surface area contributed by atoms with Gasteiger partial charge in [-0.1, -0.05) is 60.7 Å². The molecule has 0 spiro atoms. The lowest BCUT2D eigenvalue weighted by molar-refractivity contribution is -0.385. The number of rotatable bonds is 6. The second-order valence-electron chi connectivity index (χ2n) is 6.21. The van der Waals surface area contributed by atoms with E-state index >= 15 is 0 Å². The Balaban J connectivity index is 1.96. The number of benzene rings is 3. The molecule has 3 aromatic rings. The molecule has 0 aliphatic rings. The first-order valence-corrected chi connectivity index (χ1v) is 8.78. The van der Waals surface area contributed by atoms with E-state index in [1.807, 2.05) is 60.7 Å². The fraction of sp³-hybridized carbons (Fsp3) is 0.0909. The molecule has 3 aromatic carbocycles. The number of carbonyl (C=O) groups is 2. The number of nitro groups is 1. The Bertz CT molecular complexity index is 996. The van der Waals surface area contributed by atoms with Crippen LogP contribution in [0.15, 0.2) is 78.9 Å². The van der Waals surface area contributed by atoms with Crippen LogP contribution >= 0.6 is 0 Å². The van der Waals surface area contributed by atoms with Gasteiger partial charge in [0.15, 0.2) is 0 Å². The van der Waals surface area contributed by atoms with Gasteiger partial charge in [0.1, 0.15) is 5.56 Å². The number of nitrogens with one attached hydrogen (secondary N) is 1. The Morgan fingerprint density at radius 3 is 1.97 bits per heavy atom. The molecule has 0 heterocycles. The van der Waals surface area contributed by atoms with Crippen molar-refractivity contribution in [3.8, 4) is 0 Å². The van der Waals surface area contributed by atoms with Crippen molar-refractivity contribution < 1.29 is 19.2 Å². The lowest BCUT2D eigenvalue weighted by atomic mass is 9.98. The van der Waals surface area contributed by atoms with E-state index in [9.17, 15) is 19.7 Å². The smallest absolute Gasteiger partial charge is 0.344 e. The molecule has 0 fully saturated rings. The van der Waals surface area contributed by atoms with Crippen molar-refractivity contribution in [3.63, 3.8) is 0 Å². The Morgan fingerprint density at radius 2 is 1.48 bits per heavy atom. The quantitative estimate of drug-likeness (QED) is 0.391. The number of esters is 1. The van der Waals surface area contributed by atoms with Crippen LogP contribution in [-0.4, -0.2) is 23.9 Å². The van der Waals surface area contributed by atoms with Gasteiger partial charge >= 0.3 is 5.97 Å². The van der Waals surface area contributed by atoms with E-state index in [4.69, 9.17) is 0 Å². The van der Waals surface area contributed by atoms with E-state index in [0.717, 1.165) is 24.3 Å². The first kappa shape index (κ1) is 19.8. The standard InChI is InChI=1S/C22H18N2O5/c1-29-22(26)18-14-17(12-13-19(18)24(27)28)21(25)23-20(15-8-4-2-5-9-15)16-10-6-3-7-11-16/h2-14,20H,1H3,(H,23,25). The Kier molecular flexibility index (Phi) is 5.99. The number of nitro benzene ring substituents is 1. The minimum atomic E-state index is -0.881. The molecule has 0 radical (unpaired) electrons. The third-order valence-electron chi connectivity index (χ3n) is 4.40. The van der Waals surface area contributed by atoms with Gasteiger partial charge in [-0.05, 0) is 23.3 Å². The fourth-order valence-electron chi connectivity index (χ4n) is 2.97. The van der Waals surface area contributed by atoms with E-state index in [2.05, 4.69) is 10.1 Å². The van der Waals surface area contributed by atoms with Crippen LogP contribution in [0.1, 0.15) is 37.9 Å². The van der Waals surface area contributed by atoms with Crippen LogP contribution in [-0.2, 0) is 4.74 Å². The molecule has 3 rings (SSSR count). The summed E-state index contributed by atoms with van der Waals surface area (Å²) < 4.78 is 4.61. The third-order valence-corrected chi connectivity index (χ3v) is 4.40. The molecule has 0 saturated carbocycles. The summed E-state index contributed by atoms with van der Waals surface area (Å²) in [6.45, 7) is 0. The van der Waals surface area contributed by atoms with Crippen LogP contribution in [0.3, 0.4) is 0 Å². The number of hydrogen-bond acceptors (Lipinski definition) is 5. The van der Waals surface area contributed by atoms with Crippen molar-refractivity contribution in [1.82, 2.24) is 5.32 Å². The summed E-state index contributed by atoms with van der Waals surface area (Å²) in [5, 5.41) is 14.1. The van der Waals surface area contributed by atoms with Crippen molar-refractivity contribution in [1.29, 1.82) is 0 Å². The van der Waals surface area contributed by atoms with Gasteiger partial charge in [-0.2, -0.15) is 0 Å². The average Bonchev–Trinajstić information content (AvgIpc) is 2.77. The Morgan fingerprint density at radius 1 is 0.931 bits per heavy atom. The van der Waals surface area contributed by atoms with Crippen molar-refractivity contribution in [3.05, 3.63) is 111 Å². The monoisotopic (exact) mass is 390 g/mol. The summed E-state index contributed by atoms with van der Waals surface area (Å²) in [4.78, 5) is 35.3. The zero-order valence-corrected chi connectivity index (χ0v) is 15.6. The Labute approximate surface area is 167 Å². The first-order valence-electron chi connectivity index (χ1n) is 8.78. The molecule has 7 nitrogen and oxygen atoms in total. The fourth-order valence-corrected chi connectivity index (χ4v) is 2.97. The summed E-state index contributed by atoms with van der Waals surface area (Å²) in [5.41, 5.74) is 1.18. The lowest BCUT2D eigenvalue weighted by Crippen LogP contribution is -2.29. The number of nitrogens with zero attached hydrogens (tertiary/aromatic N) is 1. The predicted octanol–water partition coefficient (Wildman–Crippen LogP) is 3.90. The molecule has 146 valence electrons. The van der Waals surface area contributed by atoms with Gasteiger partial charge < -0.3 is 10.1 Å². The highest BCUT2D eigenvalue weighted by molar-refractivity contribution is 6.00. The predicted molar refractivity (Wildman–Crippen MR) is 107 cm³/mol. The van der Waals surface area contributed by atoms with Crippen LogP contribution in [0, 0.1) is 10.1 Å². The summed E-state index contributed by atoms with van der Waals surface area (Å²) >= 11 is 0. The molecule has 7 heteroatoms. The minimum Gasteiger partial charge on any atom is -0.465 e. The van der Waals surface area contributed by atoms with Crippen molar-refractivity contribution in [2.24, 2.45) is 0 Å². The van der Waals surface area contributed by atoms with Crippen LogP contribution in [0.2, 0.25) is 0 Å². The number of ether oxygens (including phenoxy) is 1. The van der Waals surface area contributed by atoms with Crippen LogP contribution in [0.25, 0.3) is 0 Å². The molecular formula is C22H18N2O5. The maximum atomic E-state index is 12.9. The zero-order valence-electron chi connectivity index (χ0n) is 15.6. The maximum Gasteiger partial charge on any atom is 0.344 e. The van der Waals surface area contributed by atoms with Gasteiger partial charge in [-0.15, -0.1) is 0 Å². The van der Waals surface area contributed by atoms with E-state index < -0.39 is 28.5 Å².